The van der Waals surface area contributed by atoms with Gasteiger partial charge in [0.2, 0.25) is 0 Å². The van der Waals surface area contributed by atoms with Gasteiger partial charge in [0.25, 0.3) is 0 Å². The Balaban J connectivity index is 2.45. The molecular formula is C14H13ClN2O3. The average Bonchev–Trinajstić information content (AvgIpc) is 2.48. The summed E-state index contributed by atoms with van der Waals surface area (Å²) in [5.41, 5.74) is 6.38. The second kappa shape index (κ2) is 5.79. The van der Waals surface area contributed by atoms with Crippen LogP contribution in [-0.4, -0.2) is 25.0 Å². The molecule has 0 saturated heterocycles. The van der Waals surface area contributed by atoms with Crippen LogP contribution in [0, 0.1) is 0 Å². The second-order valence-electron chi connectivity index (χ2n) is 3.99. The van der Waals surface area contributed by atoms with Crippen LogP contribution in [0.3, 0.4) is 0 Å². The predicted octanol–water partition coefficient (Wildman–Crippen LogP) is 2.57. The number of rotatable bonds is 4. The SMILES string of the molecule is COc1ccc(C(=O)c2cc(Cl)cnc2N)cc1OC. The van der Waals surface area contributed by atoms with Gasteiger partial charge >= 0.3 is 0 Å². The summed E-state index contributed by atoms with van der Waals surface area (Å²) >= 11 is 5.84. The van der Waals surface area contributed by atoms with Crippen molar-refractivity contribution in [2.24, 2.45) is 0 Å². The monoisotopic (exact) mass is 292 g/mol. The van der Waals surface area contributed by atoms with Crippen molar-refractivity contribution in [1.82, 2.24) is 4.98 Å². The molecule has 2 rings (SSSR count). The van der Waals surface area contributed by atoms with Crippen molar-refractivity contribution in [3.8, 4) is 11.5 Å². The molecule has 5 nitrogen and oxygen atoms in total. The summed E-state index contributed by atoms with van der Waals surface area (Å²) in [6.07, 6.45) is 1.39. The molecule has 20 heavy (non-hydrogen) atoms. The minimum Gasteiger partial charge on any atom is -0.493 e. The summed E-state index contributed by atoms with van der Waals surface area (Å²) in [6.45, 7) is 0. The highest BCUT2D eigenvalue weighted by Gasteiger charge is 2.16. The molecule has 2 aromatic rings. The van der Waals surface area contributed by atoms with Crippen molar-refractivity contribution in [1.29, 1.82) is 0 Å². The first kappa shape index (κ1) is 14.1. The Kier molecular flexibility index (Phi) is 4.10. The zero-order valence-corrected chi connectivity index (χ0v) is 11.8. The number of methoxy groups -OCH3 is 2. The molecule has 0 aliphatic heterocycles. The van der Waals surface area contributed by atoms with Crippen LogP contribution in [0.4, 0.5) is 5.82 Å². The highest BCUT2D eigenvalue weighted by Crippen LogP contribution is 2.29. The van der Waals surface area contributed by atoms with Gasteiger partial charge in [0, 0.05) is 11.8 Å². The Morgan fingerprint density at radius 2 is 1.90 bits per heavy atom. The van der Waals surface area contributed by atoms with E-state index in [-0.39, 0.29) is 17.2 Å². The summed E-state index contributed by atoms with van der Waals surface area (Å²) in [6, 6.07) is 6.36. The van der Waals surface area contributed by atoms with Crippen LogP contribution in [0.5, 0.6) is 11.5 Å². The lowest BCUT2D eigenvalue weighted by Gasteiger charge is -2.10. The molecule has 6 heteroatoms. The molecule has 1 heterocycles. The molecule has 2 N–H and O–H groups in total. The van der Waals surface area contributed by atoms with Gasteiger partial charge in [0.15, 0.2) is 17.3 Å². The summed E-state index contributed by atoms with van der Waals surface area (Å²) in [5.74, 6) is 0.862. The molecule has 0 bridgehead atoms. The summed E-state index contributed by atoms with van der Waals surface area (Å²) in [5, 5.41) is 0.350. The third-order valence-corrected chi connectivity index (χ3v) is 2.98. The molecule has 0 atom stereocenters. The van der Waals surface area contributed by atoms with E-state index < -0.39 is 0 Å². The number of nitrogens with two attached hydrogens (primary N) is 1. The maximum Gasteiger partial charge on any atom is 0.196 e. The first-order valence-corrected chi connectivity index (χ1v) is 6.12. The Hall–Kier alpha value is -2.27. The number of carbonyl (C=O) groups is 1. The van der Waals surface area contributed by atoms with Gasteiger partial charge in [0.1, 0.15) is 5.82 Å². The number of hydrogen-bond donors (Lipinski definition) is 1. The van der Waals surface area contributed by atoms with Crippen LogP contribution in [-0.2, 0) is 0 Å². The van der Waals surface area contributed by atoms with E-state index in [0.29, 0.717) is 22.1 Å². The number of pyridine rings is 1. The van der Waals surface area contributed by atoms with Gasteiger partial charge in [0.05, 0.1) is 24.8 Å². The smallest absolute Gasteiger partial charge is 0.196 e. The molecule has 0 radical (unpaired) electrons. The number of hydrogen-bond acceptors (Lipinski definition) is 5. The molecule has 0 amide bonds. The highest BCUT2D eigenvalue weighted by molar-refractivity contribution is 6.31. The molecule has 0 aliphatic carbocycles. The normalized spacial score (nSPS) is 10.2. The molecule has 1 aromatic heterocycles. The van der Waals surface area contributed by atoms with Gasteiger partial charge in [-0.1, -0.05) is 11.6 Å². The van der Waals surface area contributed by atoms with E-state index in [4.69, 9.17) is 26.8 Å². The van der Waals surface area contributed by atoms with Crippen molar-refractivity contribution < 1.29 is 14.3 Å². The summed E-state index contributed by atoms with van der Waals surface area (Å²) < 4.78 is 10.3. The van der Waals surface area contributed by atoms with Gasteiger partial charge in [-0.25, -0.2) is 4.98 Å². The first-order valence-electron chi connectivity index (χ1n) is 5.74. The fourth-order valence-electron chi connectivity index (χ4n) is 1.76. The van der Waals surface area contributed by atoms with Crippen molar-refractivity contribution in [2.45, 2.75) is 0 Å². The third kappa shape index (κ3) is 2.67. The van der Waals surface area contributed by atoms with Crippen LogP contribution < -0.4 is 15.2 Å². The number of halogens is 1. The third-order valence-electron chi connectivity index (χ3n) is 2.78. The molecule has 0 aliphatic rings. The quantitative estimate of drug-likeness (QED) is 0.877. The zero-order valence-electron chi connectivity index (χ0n) is 11.0. The number of carbonyl (C=O) groups excluding carboxylic acids is 1. The molecule has 104 valence electrons. The van der Waals surface area contributed by atoms with Gasteiger partial charge in [-0.05, 0) is 24.3 Å². The van der Waals surface area contributed by atoms with Gasteiger partial charge < -0.3 is 15.2 Å². The van der Waals surface area contributed by atoms with E-state index in [9.17, 15) is 4.79 Å². The lowest BCUT2D eigenvalue weighted by molar-refractivity contribution is 0.103. The van der Waals surface area contributed by atoms with Crippen molar-refractivity contribution in [3.05, 3.63) is 46.6 Å². The Morgan fingerprint density at radius 3 is 2.55 bits per heavy atom. The average molecular weight is 293 g/mol. The maximum atomic E-state index is 12.4. The zero-order chi connectivity index (χ0) is 14.7. The van der Waals surface area contributed by atoms with E-state index in [1.807, 2.05) is 0 Å². The maximum absolute atomic E-state index is 12.4. The number of benzene rings is 1. The Bertz CT molecular complexity index is 659. The highest BCUT2D eigenvalue weighted by atomic mass is 35.5. The van der Waals surface area contributed by atoms with Crippen LogP contribution in [0.25, 0.3) is 0 Å². The van der Waals surface area contributed by atoms with Gasteiger partial charge in [-0.3, -0.25) is 4.79 Å². The standard InChI is InChI=1S/C14H13ClN2O3/c1-19-11-4-3-8(5-12(11)20-2)13(18)10-6-9(15)7-17-14(10)16/h3-7H,1-2H3,(H2,16,17). The predicted molar refractivity (Wildman–Crippen MR) is 76.6 cm³/mol. The largest absolute Gasteiger partial charge is 0.493 e. The molecule has 0 spiro atoms. The Labute approximate surface area is 121 Å². The van der Waals surface area contributed by atoms with Gasteiger partial charge in [-0.2, -0.15) is 0 Å². The van der Waals surface area contributed by atoms with Crippen LogP contribution in [0.2, 0.25) is 5.02 Å². The Morgan fingerprint density at radius 1 is 1.20 bits per heavy atom. The fraction of sp³-hybridized carbons (Fsp3) is 0.143. The number of anilines is 1. The van der Waals surface area contributed by atoms with E-state index in [2.05, 4.69) is 4.98 Å². The molecule has 0 saturated carbocycles. The van der Waals surface area contributed by atoms with E-state index in [0.717, 1.165) is 0 Å². The number of ketones is 1. The molecule has 1 aromatic carbocycles. The summed E-state index contributed by atoms with van der Waals surface area (Å²) in [7, 11) is 3.03. The van der Waals surface area contributed by atoms with Crippen LogP contribution >= 0.6 is 11.6 Å². The lowest BCUT2D eigenvalue weighted by Crippen LogP contribution is -2.07. The van der Waals surface area contributed by atoms with Crippen molar-refractivity contribution >= 4 is 23.2 Å². The molecule has 0 unspecified atom stereocenters. The fourth-order valence-corrected chi connectivity index (χ4v) is 1.92. The van der Waals surface area contributed by atoms with Gasteiger partial charge in [-0.15, -0.1) is 0 Å². The van der Waals surface area contributed by atoms with Crippen LogP contribution in [0.1, 0.15) is 15.9 Å². The second-order valence-corrected chi connectivity index (χ2v) is 4.42. The minimum absolute atomic E-state index is 0.134. The molecule has 0 fully saturated rings. The van der Waals surface area contributed by atoms with E-state index in [1.54, 1.807) is 18.2 Å². The summed E-state index contributed by atoms with van der Waals surface area (Å²) in [4.78, 5) is 16.3. The topological polar surface area (TPSA) is 74.4 Å². The molecular weight excluding hydrogens is 280 g/mol. The first-order chi connectivity index (χ1) is 9.56. The number of ether oxygens (including phenoxy) is 2. The number of nitrogen functional groups attached to an aromatic ring is 1. The minimum atomic E-state index is -0.279. The lowest BCUT2D eigenvalue weighted by atomic mass is 10.0. The van der Waals surface area contributed by atoms with E-state index in [1.165, 1.54) is 26.5 Å². The van der Waals surface area contributed by atoms with E-state index >= 15 is 0 Å². The van der Waals surface area contributed by atoms with Crippen molar-refractivity contribution in [3.63, 3.8) is 0 Å². The number of aromatic nitrogens is 1. The number of nitrogens with zero attached hydrogens (tertiary/aromatic N) is 1. The van der Waals surface area contributed by atoms with Crippen molar-refractivity contribution in [2.75, 3.05) is 20.0 Å². The van der Waals surface area contributed by atoms with Crippen LogP contribution in [0.15, 0.2) is 30.5 Å².